The molecule has 0 atom stereocenters. The summed E-state index contributed by atoms with van der Waals surface area (Å²) in [5, 5.41) is 3.10. The molecule has 0 unspecified atom stereocenters. The van der Waals surface area contributed by atoms with Gasteiger partial charge in [-0.3, -0.25) is 0 Å². The summed E-state index contributed by atoms with van der Waals surface area (Å²) in [7, 11) is 1.92. The summed E-state index contributed by atoms with van der Waals surface area (Å²) in [5.41, 5.74) is 2.35. The molecule has 0 aliphatic heterocycles. The highest BCUT2D eigenvalue weighted by molar-refractivity contribution is 9.10. The van der Waals surface area contributed by atoms with Gasteiger partial charge in [-0.05, 0) is 41.5 Å². The fourth-order valence-corrected chi connectivity index (χ4v) is 2.02. The van der Waals surface area contributed by atoms with Gasteiger partial charge in [-0.1, -0.05) is 6.07 Å². The third-order valence-corrected chi connectivity index (χ3v) is 2.73. The first-order chi connectivity index (χ1) is 6.72. The van der Waals surface area contributed by atoms with Gasteiger partial charge in [0.15, 0.2) is 0 Å². The van der Waals surface area contributed by atoms with Gasteiger partial charge in [0.2, 0.25) is 0 Å². The Labute approximate surface area is 91.3 Å². The Morgan fingerprint density at radius 1 is 1.50 bits per heavy atom. The van der Waals surface area contributed by atoms with Gasteiger partial charge in [-0.15, -0.1) is 0 Å². The topological polar surface area (TPSA) is 29.3 Å². The SMILES string of the molecule is CNCc1nc(Br)c2ccc(C)cn12. The van der Waals surface area contributed by atoms with E-state index in [0.29, 0.717) is 0 Å². The molecule has 0 saturated carbocycles. The number of aryl methyl sites for hydroxylation is 1. The number of imidazole rings is 1. The van der Waals surface area contributed by atoms with Crippen molar-refractivity contribution in [2.75, 3.05) is 7.05 Å². The molecule has 74 valence electrons. The minimum Gasteiger partial charge on any atom is -0.313 e. The maximum atomic E-state index is 4.44. The number of aromatic nitrogens is 2. The number of fused-ring (bicyclic) bond motifs is 1. The summed E-state index contributed by atoms with van der Waals surface area (Å²) < 4.78 is 3.01. The van der Waals surface area contributed by atoms with Crippen LogP contribution in [0, 0.1) is 6.92 Å². The van der Waals surface area contributed by atoms with Gasteiger partial charge < -0.3 is 9.72 Å². The van der Waals surface area contributed by atoms with Crippen LogP contribution >= 0.6 is 15.9 Å². The Morgan fingerprint density at radius 3 is 3.00 bits per heavy atom. The molecule has 0 aliphatic carbocycles. The Morgan fingerprint density at radius 2 is 2.29 bits per heavy atom. The number of rotatable bonds is 2. The van der Waals surface area contributed by atoms with Gasteiger partial charge in [-0.2, -0.15) is 0 Å². The van der Waals surface area contributed by atoms with E-state index >= 15 is 0 Å². The lowest BCUT2D eigenvalue weighted by atomic mass is 10.3. The van der Waals surface area contributed by atoms with Crippen molar-refractivity contribution in [3.8, 4) is 0 Å². The van der Waals surface area contributed by atoms with Crippen LogP contribution in [0.3, 0.4) is 0 Å². The average Bonchev–Trinajstić information content (AvgIpc) is 2.44. The Kier molecular flexibility index (Phi) is 2.56. The van der Waals surface area contributed by atoms with E-state index < -0.39 is 0 Å². The van der Waals surface area contributed by atoms with E-state index in [1.807, 2.05) is 7.05 Å². The van der Waals surface area contributed by atoms with Crippen LogP contribution in [0.15, 0.2) is 22.9 Å². The summed E-state index contributed by atoms with van der Waals surface area (Å²) in [6, 6.07) is 4.16. The van der Waals surface area contributed by atoms with Gasteiger partial charge in [0, 0.05) is 6.20 Å². The van der Waals surface area contributed by atoms with Crippen LogP contribution < -0.4 is 5.32 Å². The highest BCUT2D eigenvalue weighted by Crippen LogP contribution is 2.19. The van der Waals surface area contributed by atoms with Crippen molar-refractivity contribution in [1.29, 1.82) is 0 Å². The molecular formula is C10H12BrN3. The highest BCUT2D eigenvalue weighted by atomic mass is 79.9. The molecule has 4 heteroatoms. The Bertz CT molecular complexity index is 462. The molecule has 2 heterocycles. The molecule has 2 rings (SSSR count). The zero-order chi connectivity index (χ0) is 10.1. The first-order valence-corrected chi connectivity index (χ1v) is 5.29. The maximum absolute atomic E-state index is 4.44. The van der Waals surface area contributed by atoms with Crippen molar-refractivity contribution in [2.24, 2.45) is 0 Å². The number of halogens is 1. The van der Waals surface area contributed by atoms with Crippen molar-refractivity contribution >= 4 is 21.4 Å². The predicted octanol–water partition coefficient (Wildman–Crippen LogP) is 2.12. The van der Waals surface area contributed by atoms with Gasteiger partial charge in [0.1, 0.15) is 10.4 Å². The van der Waals surface area contributed by atoms with Crippen molar-refractivity contribution in [3.05, 3.63) is 34.3 Å². The second-order valence-corrected chi connectivity index (χ2v) is 4.06. The van der Waals surface area contributed by atoms with Crippen LogP contribution in [0.25, 0.3) is 5.52 Å². The summed E-state index contributed by atoms with van der Waals surface area (Å²) in [5.74, 6) is 1.03. The third-order valence-electron chi connectivity index (χ3n) is 2.15. The molecule has 14 heavy (non-hydrogen) atoms. The molecule has 0 saturated heterocycles. The molecule has 2 aromatic heterocycles. The van der Waals surface area contributed by atoms with Crippen molar-refractivity contribution in [1.82, 2.24) is 14.7 Å². The van der Waals surface area contributed by atoms with Crippen molar-refractivity contribution in [3.63, 3.8) is 0 Å². The zero-order valence-corrected chi connectivity index (χ0v) is 9.80. The van der Waals surface area contributed by atoms with Crippen LogP contribution in [-0.4, -0.2) is 16.4 Å². The van der Waals surface area contributed by atoms with E-state index in [2.05, 4.69) is 55.9 Å². The first-order valence-electron chi connectivity index (χ1n) is 4.50. The fraction of sp³-hybridized carbons (Fsp3) is 0.300. The van der Waals surface area contributed by atoms with Gasteiger partial charge in [-0.25, -0.2) is 4.98 Å². The second-order valence-electron chi connectivity index (χ2n) is 3.31. The molecule has 0 radical (unpaired) electrons. The number of hydrogen-bond donors (Lipinski definition) is 1. The number of hydrogen-bond acceptors (Lipinski definition) is 2. The van der Waals surface area contributed by atoms with Crippen LogP contribution in [0.4, 0.5) is 0 Å². The standard InChI is InChI=1S/C10H12BrN3/c1-7-3-4-8-10(11)13-9(5-12-2)14(8)6-7/h3-4,6,12H,5H2,1-2H3. The van der Waals surface area contributed by atoms with Crippen molar-refractivity contribution < 1.29 is 0 Å². The summed E-state index contributed by atoms with van der Waals surface area (Å²) in [6.07, 6.45) is 2.10. The minimum absolute atomic E-state index is 0.774. The Hall–Kier alpha value is -0.870. The molecule has 1 N–H and O–H groups in total. The molecule has 0 spiro atoms. The summed E-state index contributed by atoms with van der Waals surface area (Å²) in [6.45, 7) is 2.85. The van der Waals surface area contributed by atoms with E-state index in [0.717, 1.165) is 22.5 Å². The summed E-state index contributed by atoms with van der Waals surface area (Å²) in [4.78, 5) is 4.44. The van der Waals surface area contributed by atoms with E-state index in [4.69, 9.17) is 0 Å². The molecule has 0 fully saturated rings. The summed E-state index contributed by atoms with van der Waals surface area (Å²) >= 11 is 3.45. The van der Waals surface area contributed by atoms with Gasteiger partial charge in [0.25, 0.3) is 0 Å². The smallest absolute Gasteiger partial charge is 0.132 e. The molecule has 0 aliphatic rings. The van der Waals surface area contributed by atoms with E-state index in [9.17, 15) is 0 Å². The van der Waals surface area contributed by atoms with E-state index in [1.54, 1.807) is 0 Å². The molecular weight excluding hydrogens is 242 g/mol. The third kappa shape index (κ3) is 1.55. The predicted molar refractivity (Wildman–Crippen MR) is 60.4 cm³/mol. The minimum atomic E-state index is 0.774. The molecule has 3 nitrogen and oxygen atoms in total. The van der Waals surface area contributed by atoms with Crippen molar-refractivity contribution in [2.45, 2.75) is 13.5 Å². The van der Waals surface area contributed by atoms with Crippen LogP contribution in [0.5, 0.6) is 0 Å². The first kappa shape index (κ1) is 9.68. The normalized spacial score (nSPS) is 11.1. The number of pyridine rings is 1. The highest BCUT2D eigenvalue weighted by Gasteiger charge is 2.07. The molecule has 2 aromatic rings. The second kappa shape index (κ2) is 3.71. The lowest BCUT2D eigenvalue weighted by Gasteiger charge is -2.00. The largest absolute Gasteiger partial charge is 0.313 e. The van der Waals surface area contributed by atoms with Crippen LogP contribution in [0.2, 0.25) is 0 Å². The molecule has 0 amide bonds. The Balaban J connectivity index is 2.66. The average molecular weight is 254 g/mol. The molecule has 0 aromatic carbocycles. The number of nitrogens with zero attached hydrogens (tertiary/aromatic N) is 2. The fourth-order valence-electron chi connectivity index (χ4n) is 1.50. The zero-order valence-electron chi connectivity index (χ0n) is 8.21. The van der Waals surface area contributed by atoms with Gasteiger partial charge >= 0.3 is 0 Å². The number of nitrogens with one attached hydrogen (secondary N) is 1. The quantitative estimate of drug-likeness (QED) is 0.889. The van der Waals surface area contributed by atoms with Gasteiger partial charge in [0.05, 0.1) is 12.1 Å². The van der Waals surface area contributed by atoms with Crippen LogP contribution in [0.1, 0.15) is 11.4 Å². The van der Waals surface area contributed by atoms with E-state index in [1.165, 1.54) is 5.56 Å². The monoisotopic (exact) mass is 253 g/mol. The maximum Gasteiger partial charge on any atom is 0.132 e. The van der Waals surface area contributed by atoms with E-state index in [-0.39, 0.29) is 0 Å². The molecule has 0 bridgehead atoms. The van der Waals surface area contributed by atoms with Crippen LogP contribution in [-0.2, 0) is 6.54 Å². The lowest BCUT2D eigenvalue weighted by molar-refractivity contribution is 0.753. The lowest BCUT2D eigenvalue weighted by Crippen LogP contribution is -2.08.